The molecule has 1 aromatic carbocycles. The Morgan fingerprint density at radius 2 is 1.75 bits per heavy atom. The molecule has 3 nitrogen and oxygen atoms in total. The maximum atomic E-state index is 5.50. The van der Waals surface area contributed by atoms with Crippen LogP contribution in [0.4, 0.5) is 0 Å². The average molecular weight is 222 g/mol. The predicted octanol–water partition coefficient (Wildman–Crippen LogP) is 3.10. The van der Waals surface area contributed by atoms with E-state index in [0.717, 1.165) is 17.1 Å². The van der Waals surface area contributed by atoms with Gasteiger partial charge in [0.15, 0.2) is 11.5 Å². The quantitative estimate of drug-likeness (QED) is 0.692. The summed E-state index contributed by atoms with van der Waals surface area (Å²) in [5.41, 5.74) is 0.898. The molecule has 0 amide bonds. The van der Waals surface area contributed by atoms with Crippen molar-refractivity contribution < 1.29 is 14.2 Å². The number of rotatable bonds is 6. The van der Waals surface area contributed by atoms with Gasteiger partial charge in [0.2, 0.25) is 0 Å². The molecular weight excluding hydrogens is 204 g/mol. The fourth-order valence-corrected chi connectivity index (χ4v) is 1.34. The summed E-state index contributed by atoms with van der Waals surface area (Å²) in [5.74, 6) is 2.08. The van der Waals surface area contributed by atoms with Crippen LogP contribution < -0.4 is 9.47 Å². The molecule has 0 aliphatic heterocycles. The predicted molar refractivity (Wildman–Crippen MR) is 64.8 cm³/mol. The van der Waals surface area contributed by atoms with Crippen LogP contribution in [-0.2, 0) is 4.74 Å². The Morgan fingerprint density at radius 3 is 2.31 bits per heavy atom. The average Bonchev–Trinajstić information content (AvgIpc) is 2.31. The topological polar surface area (TPSA) is 27.7 Å². The van der Waals surface area contributed by atoms with E-state index in [4.69, 9.17) is 14.2 Å². The first kappa shape index (κ1) is 12.4. The monoisotopic (exact) mass is 222 g/mol. The Bertz CT molecular complexity index is 358. The second-order valence-electron chi connectivity index (χ2n) is 3.15. The van der Waals surface area contributed by atoms with Gasteiger partial charge in [-0.05, 0) is 32.0 Å². The summed E-state index contributed by atoms with van der Waals surface area (Å²) in [6, 6.07) is 5.65. The van der Waals surface area contributed by atoms with Crippen LogP contribution in [0.3, 0.4) is 0 Å². The lowest BCUT2D eigenvalue weighted by atomic mass is 10.2. The summed E-state index contributed by atoms with van der Waals surface area (Å²) in [5, 5.41) is 0. The standard InChI is InChI=1S/C13H18O3/c1-5-15-12-8-7-11(10(3)14-4)9-13(12)16-6-2/h7-9H,3,5-6H2,1-2,4H3. The van der Waals surface area contributed by atoms with Gasteiger partial charge in [-0.25, -0.2) is 0 Å². The van der Waals surface area contributed by atoms with Gasteiger partial charge in [0.25, 0.3) is 0 Å². The molecule has 0 aliphatic rings. The largest absolute Gasteiger partial charge is 0.497 e. The third kappa shape index (κ3) is 2.92. The molecule has 0 unspecified atom stereocenters. The summed E-state index contributed by atoms with van der Waals surface area (Å²) in [6.07, 6.45) is 0. The van der Waals surface area contributed by atoms with Gasteiger partial charge in [-0.15, -0.1) is 0 Å². The second-order valence-corrected chi connectivity index (χ2v) is 3.15. The second kappa shape index (κ2) is 6.05. The fourth-order valence-electron chi connectivity index (χ4n) is 1.34. The molecule has 0 fully saturated rings. The molecule has 0 bridgehead atoms. The van der Waals surface area contributed by atoms with Gasteiger partial charge in [0.05, 0.1) is 20.3 Å². The molecule has 0 heterocycles. The minimum Gasteiger partial charge on any atom is -0.497 e. The zero-order valence-corrected chi connectivity index (χ0v) is 10.1. The van der Waals surface area contributed by atoms with E-state index < -0.39 is 0 Å². The maximum absolute atomic E-state index is 5.50. The Kier molecular flexibility index (Phi) is 4.70. The van der Waals surface area contributed by atoms with E-state index >= 15 is 0 Å². The lowest BCUT2D eigenvalue weighted by Crippen LogP contribution is -1.99. The molecule has 0 saturated heterocycles. The molecule has 0 atom stereocenters. The number of methoxy groups -OCH3 is 1. The van der Waals surface area contributed by atoms with E-state index in [9.17, 15) is 0 Å². The van der Waals surface area contributed by atoms with Crippen LogP contribution in [0.25, 0.3) is 5.76 Å². The number of hydrogen-bond donors (Lipinski definition) is 0. The van der Waals surface area contributed by atoms with Crippen molar-refractivity contribution in [2.75, 3.05) is 20.3 Å². The summed E-state index contributed by atoms with van der Waals surface area (Å²) in [4.78, 5) is 0. The minimum atomic E-state index is 0.600. The zero-order valence-electron chi connectivity index (χ0n) is 10.1. The van der Waals surface area contributed by atoms with Gasteiger partial charge in [0, 0.05) is 5.56 Å². The summed E-state index contributed by atoms with van der Waals surface area (Å²) >= 11 is 0. The summed E-state index contributed by atoms with van der Waals surface area (Å²) in [6.45, 7) is 8.90. The molecule has 0 N–H and O–H groups in total. The van der Waals surface area contributed by atoms with Crippen molar-refractivity contribution in [3.05, 3.63) is 30.3 Å². The molecular formula is C13H18O3. The highest BCUT2D eigenvalue weighted by Crippen LogP contribution is 2.30. The van der Waals surface area contributed by atoms with Crippen molar-refractivity contribution in [2.24, 2.45) is 0 Å². The van der Waals surface area contributed by atoms with Crippen LogP contribution in [0.2, 0.25) is 0 Å². The van der Waals surface area contributed by atoms with E-state index in [1.807, 2.05) is 32.0 Å². The van der Waals surface area contributed by atoms with Crippen LogP contribution in [0.15, 0.2) is 24.8 Å². The number of hydrogen-bond acceptors (Lipinski definition) is 3. The molecule has 0 spiro atoms. The van der Waals surface area contributed by atoms with Crippen LogP contribution in [0.5, 0.6) is 11.5 Å². The smallest absolute Gasteiger partial charge is 0.161 e. The highest BCUT2D eigenvalue weighted by atomic mass is 16.5. The van der Waals surface area contributed by atoms with Gasteiger partial charge < -0.3 is 14.2 Å². The number of ether oxygens (including phenoxy) is 3. The van der Waals surface area contributed by atoms with Gasteiger partial charge in [0.1, 0.15) is 5.76 Å². The fraction of sp³-hybridized carbons (Fsp3) is 0.385. The Hall–Kier alpha value is -1.64. The summed E-state index contributed by atoms with van der Waals surface area (Å²) < 4.78 is 16.0. The van der Waals surface area contributed by atoms with E-state index in [-0.39, 0.29) is 0 Å². The van der Waals surface area contributed by atoms with Gasteiger partial charge in [-0.3, -0.25) is 0 Å². The third-order valence-corrected chi connectivity index (χ3v) is 2.11. The highest BCUT2D eigenvalue weighted by molar-refractivity contribution is 5.61. The molecule has 0 radical (unpaired) electrons. The lowest BCUT2D eigenvalue weighted by molar-refractivity contribution is 0.287. The molecule has 0 aromatic heterocycles. The van der Waals surface area contributed by atoms with Crippen molar-refractivity contribution >= 4 is 5.76 Å². The van der Waals surface area contributed by atoms with Crippen molar-refractivity contribution in [3.8, 4) is 11.5 Å². The van der Waals surface area contributed by atoms with Crippen molar-refractivity contribution in [1.82, 2.24) is 0 Å². The van der Waals surface area contributed by atoms with Crippen LogP contribution in [-0.4, -0.2) is 20.3 Å². The van der Waals surface area contributed by atoms with E-state index in [0.29, 0.717) is 19.0 Å². The summed E-state index contributed by atoms with van der Waals surface area (Å²) in [7, 11) is 1.60. The highest BCUT2D eigenvalue weighted by Gasteiger charge is 2.07. The molecule has 3 heteroatoms. The van der Waals surface area contributed by atoms with E-state index in [1.165, 1.54) is 0 Å². The van der Waals surface area contributed by atoms with Gasteiger partial charge in [-0.2, -0.15) is 0 Å². The molecule has 1 rings (SSSR count). The van der Waals surface area contributed by atoms with E-state index in [2.05, 4.69) is 6.58 Å². The molecule has 0 aliphatic carbocycles. The van der Waals surface area contributed by atoms with Crippen LogP contribution in [0.1, 0.15) is 19.4 Å². The normalized spacial score (nSPS) is 9.69. The van der Waals surface area contributed by atoms with Crippen molar-refractivity contribution in [3.63, 3.8) is 0 Å². The minimum absolute atomic E-state index is 0.600. The molecule has 1 aromatic rings. The van der Waals surface area contributed by atoms with Crippen LogP contribution >= 0.6 is 0 Å². The lowest BCUT2D eigenvalue weighted by Gasteiger charge is -2.12. The van der Waals surface area contributed by atoms with Crippen molar-refractivity contribution in [1.29, 1.82) is 0 Å². The van der Waals surface area contributed by atoms with Crippen molar-refractivity contribution in [2.45, 2.75) is 13.8 Å². The first-order valence-electron chi connectivity index (χ1n) is 5.35. The number of benzene rings is 1. The zero-order chi connectivity index (χ0) is 12.0. The molecule has 16 heavy (non-hydrogen) atoms. The molecule has 0 saturated carbocycles. The first-order chi connectivity index (χ1) is 7.72. The molecule has 88 valence electrons. The first-order valence-corrected chi connectivity index (χ1v) is 5.35. The SMILES string of the molecule is C=C(OC)c1ccc(OCC)c(OCC)c1. The third-order valence-electron chi connectivity index (χ3n) is 2.11. The van der Waals surface area contributed by atoms with Crippen LogP contribution in [0, 0.1) is 0 Å². The van der Waals surface area contributed by atoms with Gasteiger partial charge >= 0.3 is 0 Å². The Labute approximate surface area is 96.6 Å². The Morgan fingerprint density at radius 1 is 1.12 bits per heavy atom. The maximum Gasteiger partial charge on any atom is 0.161 e. The van der Waals surface area contributed by atoms with E-state index in [1.54, 1.807) is 7.11 Å². The van der Waals surface area contributed by atoms with Gasteiger partial charge in [-0.1, -0.05) is 6.58 Å². The Balaban J connectivity index is 3.01.